The van der Waals surface area contributed by atoms with Gasteiger partial charge in [0, 0.05) is 6.20 Å². The molecule has 15 heavy (non-hydrogen) atoms. The summed E-state index contributed by atoms with van der Waals surface area (Å²) < 4.78 is 6.47. The Bertz CT molecular complexity index is 322. The van der Waals surface area contributed by atoms with E-state index in [1.165, 1.54) is 0 Å². The van der Waals surface area contributed by atoms with Crippen molar-refractivity contribution in [1.82, 2.24) is 9.78 Å². The largest absolute Gasteiger partial charge is 0.465 e. The van der Waals surface area contributed by atoms with Crippen molar-refractivity contribution < 1.29 is 9.53 Å². The Balaban J connectivity index is 2.50. The van der Waals surface area contributed by atoms with Crippen molar-refractivity contribution in [3.8, 4) is 0 Å². The SMILES string of the molecule is CCOC(=O)C(N)Cn1cc(CC)cn1. The lowest BCUT2D eigenvalue weighted by molar-refractivity contribution is -0.145. The summed E-state index contributed by atoms with van der Waals surface area (Å²) in [7, 11) is 0. The van der Waals surface area contributed by atoms with Gasteiger partial charge in [0.1, 0.15) is 6.04 Å². The predicted octanol–water partition coefficient (Wildman–Crippen LogP) is 0.336. The molecular formula is C10H17N3O2. The maximum absolute atomic E-state index is 11.2. The second-order valence-electron chi connectivity index (χ2n) is 3.28. The molecule has 1 rings (SSSR count). The van der Waals surface area contributed by atoms with Gasteiger partial charge in [0.2, 0.25) is 0 Å². The minimum atomic E-state index is -0.644. The lowest BCUT2D eigenvalue weighted by Gasteiger charge is -2.09. The van der Waals surface area contributed by atoms with Gasteiger partial charge in [-0.3, -0.25) is 9.48 Å². The summed E-state index contributed by atoms with van der Waals surface area (Å²) in [5.41, 5.74) is 6.78. The van der Waals surface area contributed by atoms with Gasteiger partial charge in [-0.15, -0.1) is 0 Å². The van der Waals surface area contributed by atoms with E-state index in [1.54, 1.807) is 17.8 Å². The van der Waals surface area contributed by atoms with Crippen LogP contribution in [-0.4, -0.2) is 28.4 Å². The number of aryl methyl sites for hydroxylation is 1. The number of carbonyl (C=O) groups excluding carboxylic acids is 1. The second kappa shape index (κ2) is 5.50. The fourth-order valence-electron chi connectivity index (χ4n) is 1.21. The lowest BCUT2D eigenvalue weighted by Crippen LogP contribution is -2.36. The van der Waals surface area contributed by atoms with E-state index in [1.807, 2.05) is 13.1 Å². The lowest BCUT2D eigenvalue weighted by atomic mass is 10.3. The zero-order chi connectivity index (χ0) is 11.3. The van der Waals surface area contributed by atoms with Crippen LogP contribution in [0.3, 0.4) is 0 Å². The Morgan fingerprint density at radius 3 is 2.93 bits per heavy atom. The highest BCUT2D eigenvalue weighted by Gasteiger charge is 2.15. The van der Waals surface area contributed by atoms with Crippen LogP contribution in [0.4, 0.5) is 0 Å². The van der Waals surface area contributed by atoms with Crippen LogP contribution in [-0.2, 0) is 22.5 Å². The van der Waals surface area contributed by atoms with E-state index in [4.69, 9.17) is 10.5 Å². The number of esters is 1. The van der Waals surface area contributed by atoms with E-state index in [0.717, 1.165) is 12.0 Å². The van der Waals surface area contributed by atoms with Crippen molar-refractivity contribution in [3.05, 3.63) is 18.0 Å². The third-order valence-corrected chi connectivity index (χ3v) is 2.07. The highest BCUT2D eigenvalue weighted by molar-refractivity contribution is 5.75. The van der Waals surface area contributed by atoms with Gasteiger partial charge < -0.3 is 10.5 Å². The molecule has 5 nitrogen and oxygen atoms in total. The Kier molecular flexibility index (Phi) is 4.30. The van der Waals surface area contributed by atoms with Gasteiger partial charge in [-0.1, -0.05) is 6.92 Å². The number of nitrogens with two attached hydrogens (primary N) is 1. The van der Waals surface area contributed by atoms with Gasteiger partial charge in [0.25, 0.3) is 0 Å². The van der Waals surface area contributed by atoms with E-state index in [9.17, 15) is 4.79 Å². The van der Waals surface area contributed by atoms with Crippen LogP contribution in [0.2, 0.25) is 0 Å². The first-order valence-electron chi connectivity index (χ1n) is 5.10. The Labute approximate surface area is 89.2 Å². The molecule has 0 aliphatic carbocycles. The minimum Gasteiger partial charge on any atom is -0.465 e. The summed E-state index contributed by atoms with van der Waals surface area (Å²) >= 11 is 0. The predicted molar refractivity (Wildman–Crippen MR) is 56.2 cm³/mol. The van der Waals surface area contributed by atoms with E-state index >= 15 is 0 Å². The Morgan fingerprint density at radius 1 is 1.67 bits per heavy atom. The first-order valence-corrected chi connectivity index (χ1v) is 5.10. The van der Waals surface area contributed by atoms with Gasteiger partial charge in [0.15, 0.2) is 0 Å². The normalized spacial score (nSPS) is 12.5. The summed E-state index contributed by atoms with van der Waals surface area (Å²) in [5, 5.41) is 4.10. The molecule has 2 N–H and O–H groups in total. The second-order valence-corrected chi connectivity index (χ2v) is 3.28. The maximum atomic E-state index is 11.2. The highest BCUT2D eigenvalue weighted by atomic mass is 16.5. The molecule has 0 saturated carbocycles. The molecule has 1 aromatic rings. The van der Waals surface area contributed by atoms with E-state index < -0.39 is 6.04 Å². The molecule has 0 spiro atoms. The molecule has 0 saturated heterocycles. The number of carbonyl (C=O) groups is 1. The van der Waals surface area contributed by atoms with Crippen LogP contribution >= 0.6 is 0 Å². The number of aromatic nitrogens is 2. The van der Waals surface area contributed by atoms with E-state index in [2.05, 4.69) is 5.10 Å². The summed E-state index contributed by atoms with van der Waals surface area (Å²) in [6, 6.07) is -0.644. The molecule has 1 atom stereocenters. The average Bonchev–Trinajstić information content (AvgIpc) is 2.66. The van der Waals surface area contributed by atoms with Crippen LogP contribution in [0, 0.1) is 0 Å². The molecule has 1 heterocycles. The summed E-state index contributed by atoms with van der Waals surface area (Å²) in [5.74, 6) is -0.383. The van der Waals surface area contributed by atoms with Crippen LogP contribution in [0.25, 0.3) is 0 Å². The number of hydrogen-bond acceptors (Lipinski definition) is 4. The standard InChI is InChI=1S/C10H17N3O2/c1-3-8-5-12-13(6-8)7-9(11)10(14)15-4-2/h5-6,9H,3-4,7,11H2,1-2H3. The molecule has 0 aromatic carbocycles. The number of nitrogens with zero attached hydrogens (tertiary/aromatic N) is 2. The Morgan fingerprint density at radius 2 is 2.40 bits per heavy atom. The first-order chi connectivity index (χ1) is 7.17. The molecular weight excluding hydrogens is 194 g/mol. The highest BCUT2D eigenvalue weighted by Crippen LogP contribution is 1.99. The zero-order valence-electron chi connectivity index (χ0n) is 9.14. The number of rotatable bonds is 5. The van der Waals surface area contributed by atoms with Crippen molar-refractivity contribution in [3.63, 3.8) is 0 Å². The topological polar surface area (TPSA) is 70.1 Å². The first kappa shape index (κ1) is 11.7. The van der Waals surface area contributed by atoms with Crippen LogP contribution in [0.5, 0.6) is 0 Å². The fourth-order valence-corrected chi connectivity index (χ4v) is 1.21. The molecule has 0 aliphatic heterocycles. The van der Waals surface area contributed by atoms with Crippen molar-refractivity contribution in [2.24, 2.45) is 5.73 Å². The minimum absolute atomic E-state index is 0.353. The summed E-state index contributed by atoms with van der Waals surface area (Å²) in [4.78, 5) is 11.2. The summed E-state index contributed by atoms with van der Waals surface area (Å²) in [6.45, 7) is 4.52. The Hall–Kier alpha value is -1.36. The van der Waals surface area contributed by atoms with E-state index in [0.29, 0.717) is 13.2 Å². The quantitative estimate of drug-likeness (QED) is 0.713. The van der Waals surface area contributed by atoms with Gasteiger partial charge in [-0.05, 0) is 18.9 Å². The molecule has 84 valence electrons. The van der Waals surface area contributed by atoms with Gasteiger partial charge >= 0.3 is 5.97 Å². The fraction of sp³-hybridized carbons (Fsp3) is 0.600. The molecule has 0 aliphatic rings. The number of hydrogen-bond donors (Lipinski definition) is 1. The van der Waals surface area contributed by atoms with Crippen LogP contribution in [0.15, 0.2) is 12.4 Å². The van der Waals surface area contributed by atoms with Crippen molar-refractivity contribution in [2.75, 3.05) is 6.61 Å². The van der Waals surface area contributed by atoms with Crippen molar-refractivity contribution >= 4 is 5.97 Å². The molecule has 1 unspecified atom stereocenters. The monoisotopic (exact) mass is 211 g/mol. The van der Waals surface area contributed by atoms with E-state index in [-0.39, 0.29) is 5.97 Å². The van der Waals surface area contributed by atoms with Gasteiger partial charge in [-0.2, -0.15) is 5.10 Å². The van der Waals surface area contributed by atoms with Crippen LogP contribution in [0.1, 0.15) is 19.4 Å². The average molecular weight is 211 g/mol. The van der Waals surface area contributed by atoms with Crippen LogP contribution < -0.4 is 5.73 Å². The smallest absolute Gasteiger partial charge is 0.324 e. The van der Waals surface area contributed by atoms with Gasteiger partial charge in [0.05, 0.1) is 19.3 Å². The number of ether oxygens (including phenoxy) is 1. The molecule has 0 radical (unpaired) electrons. The third-order valence-electron chi connectivity index (χ3n) is 2.07. The molecule has 5 heteroatoms. The molecule has 0 bridgehead atoms. The molecule has 0 amide bonds. The zero-order valence-corrected chi connectivity index (χ0v) is 9.14. The van der Waals surface area contributed by atoms with Crippen molar-refractivity contribution in [1.29, 1.82) is 0 Å². The third kappa shape index (κ3) is 3.36. The molecule has 1 aromatic heterocycles. The van der Waals surface area contributed by atoms with Gasteiger partial charge in [-0.25, -0.2) is 0 Å². The summed E-state index contributed by atoms with van der Waals surface area (Å²) in [6.07, 6.45) is 4.59. The maximum Gasteiger partial charge on any atom is 0.324 e. The molecule has 0 fully saturated rings. The van der Waals surface area contributed by atoms with Crippen molar-refractivity contribution in [2.45, 2.75) is 32.9 Å².